The van der Waals surface area contributed by atoms with Gasteiger partial charge in [-0.1, -0.05) is 29.8 Å². The molecule has 0 aliphatic rings. The summed E-state index contributed by atoms with van der Waals surface area (Å²) in [5, 5.41) is 3.48. The largest absolute Gasteiger partial charge is 0.492 e. The van der Waals surface area contributed by atoms with Crippen molar-refractivity contribution in [3.05, 3.63) is 58.1 Å². The summed E-state index contributed by atoms with van der Waals surface area (Å²) in [6.45, 7) is 8.37. The Morgan fingerprint density at radius 2 is 1.84 bits per heavy atom. The summed E-state index contributed by atoms with van der Waals surface area (Å²) in [6.07, 6.45) is -0.575. The third-order valence-electron chi connectivity index (χ3n) is 3.83. The highest BCUT2D eigenvalue weighted by atomic mass is 35.5. The fourth-order valence-corrected chi connectivity index (χ4v) is 2.40. The molecule has 5 heteroatoms. The number of carbonyl (C=O) groups excluding carboxylic acids is 1. The summed E-state index contributed by atoms with van der Waals surface area (Å²) in [7, 11) is 0. The second kappa shape index (κ2) is 8.77. The first-order valence-corrected chi connectivity index (χ1v) is 8.65. The third kappa shape index (κ3) is 5.68. The maximum absolute atomic E-state index is 12.1. The van der Waals surface area contributed by atoms with Crippen LogP contribution in [0, 0.1) is 20.8 Å². The lowest BCUT2D eigenvalue weighted by Crippen LogP contribution is -2.38. The predicted octanol–water partition coefficient (Wildman–Crippen LogP) is 4.23. The van der Waals surface area contributed by atoms with Gasteiger partial charge in [-0.3, -0.25) is 4.79 Å². The molecule has 1 N–H and O–H groups in total. The van der Waals surface area contributed by atoms with E-state index in [1.165, 1.54) is 0 Å². The van der Waals surface area contributed by atoms with Gasteiger partial charge in [0, 0.05) is 5.02 Å². The lowest BCUT2D eigenvalue weighted by molar-refractivity contribution is -0.127. The SMILES string of the molecule is Cc1ccc(C)c(O[C@@H](C)C(=O)NCCOc2ccc(C)c(Cl)c2)c1. The molecule has 0 spiro atoms. The Morgan fingerprint density at radius 3 is 2.56 bits per heavy atom. The summed E-state index contributed by atoms with van der Waals surface area (Å²) < 4.78 is 11.3. The van der Waals surface area contributed by atoms with Gasteiger partial charge in [0.2, 0.25) is 0 Å². The second-order valence-electron chi connectivity index (χ2n) is 6.08. The topological polar surface area (TPSA) is 47.6 Å². The molecular formula is C20H24ClNO3. The van der Waals surface area contributed by atoms with Crippen molar-refractivity contribution in [2.45, 2.75) is 33.8 Å². The van der Waals surface area contributed by atoms with Crippen LogP contribution in [0.3, 0.4) is 0 Å². The van der Waals surface area contributed by atoms with E-state index in [4.69, 9.17) is 21.1 Å². The van der Waals surface area contributed by atoms with Crippen LogP contribution in [0.15, 0.2) is 36.4 Å². The zero-order chi connectivity index (χ0) is 18.4. The Labute approximate surface area is 154 Å². The Balaban J connectivity index is 1.77. The van der Waals surface area contributed by atoms with Gasteiger partial charge < -0.3 is 14.8 Å². The molecule has 0 saturated carbocycles. The number of ether oxygens (including phenoxy) is 2. The maximum atomic E-state index is 12.1. The Morgan fingerprint density at radius 1 is 1.12 bits per heavy atom. The molecule has 2 rings (SSSR count). The van der Waals surface area contributed by atoms with Crippen LogP contribution in [0.2, 0.25) is 5.02 Å². The van der Waals surface area contributed by atoms with E-state index in [-0.39, 0.29) is 5.91 Å². The van der Waals surface area contributed by atoms with Crippen LogP contribution >= 0.6 is 11.6 Å². The molecule has 0 unspecified atom stereocenters. The van der Waals surface area contributed by atoms with Crippen molar-refractivity contribution in [2.75, 3.05) is 13.2 Å². The molecule has 1 amide bonds. The molecule has 0 aromatic heterocycles. The maximum Gasteiger partial charge on any atom is 0.260 e. The van der Waals surface area contributed by atoms with Crippen molar-refractivity contribution in [3.63, 3.8) is 0 Å². The molecule has 0 aliphatic carbocycles. The van der Waals surface area contributed by atoms with Crippen molar-refractivity contribution in [1.82, 2.24) is 5.32 Å². The number of rotatable bonds is 7. The molecule has 2 aromatic carbocycles. The summed E-state index contributed by atoms with van der Waals surface area (Å²) in [5.41, 5.74) is 3.10. The molecule has 0 aliphatic heterocycles. The highest BCUT2D eigenvalue weighted by Crippen LogP contribution is 2.22. The van der Waals surface area contributed by atoms with E-state index in [1.54, 1.807) is 13.0 Å². The summed E-state index contributed by atoms with van der Waals surface area (Å²) in [6, 6.07) is 11.5. The predicted molar refractivity (Wildman–Crippen MR) is 101 cm³/mol. The number of carbonyl (C=O) groups is 1. The van der Waals surface area contributed by atoms with Crippen molar-refractivity contribution in [3.8, 4) is 11.5 Å². The number of hydrogen-bond donors (Lipinski definition) is 1. The summed E-state index contributed by atoms with van der Waals surface area (Å²) in [4.78, 5) is 12.1. The van der Waals surface area contributed by atoms with Gasteiger partial charge in [0.1, 0.15) is 18.1 Å². The average molecular weight is 362 g/mol. The Hall–Kier alpha value is -2.20. The van der Waals surface area contributed by atoms with Crippen LogP contribution in [0.25, 0.3) is 0 Å². The molecule has 4 nitrogen and oxygen atoms in total. The first-order valence-electron chi connectivity index (χ1n) is 8.27. The van der Waals surface area contributed by atoms with Gasteiger partial charge in [-0.25, -0.2) is 0 Å². The van der Waals surface area contributed by atoms with Crippen LogP contribution in [-0.2, 0) is 4.79 Å². The third-order valence-corrected chi connectivity index (χ3v) is 4.24. The normalized spacial score (nSPS) is 11.7. The molecule has 25 heavy (non-hydrogen) atoms. The Kier molecular flexibility index (Phi) is 6.71. The van der Waals surface area contributed by atoms with E-state index in [9.17, 15) is 4.79 Å². The molecule has 134 valence electrons. The summed E-state index contributed by atoms with van der Waals surface area (Å²) >= 11 is 6.05. The van der Waals surface area contributed by atoms with E-state index in [0.717, 1.165) is 22.4 Å². The number of benzene rings is 2. The summed E-state index contributed by atoms with van der Waals surface area (Å²) in [5.74, 6) is 1.24. The van der Waals surface area contributed by atoms with Gasteiger partial charge in [0.15, 0.2) is 6.10 Å². The molecule has 0 saturated heterocycles. The van der Waals surface area contributed by atoms with Crippen LogP contribution in [0.5, 0.6) is 11.5 Å². The molecule has 0 fully saturated rings. The van der Waals surface area contributed by atoms with Gasteiger partial charge >= 0.3 is 0 Å². The van der Waals surface area contributed by atoms with Crippen LogP contribution in [0.1, 0.15) is 23.6 Å². The number of amides is 1. The van der Waals surface area contributed by atoms with E-state index in [2.05, 4.69) is 5.32 Å². The minimum absolute atomic E-state index is 0.175. The first kappa shape index (κ1) is 19.1. The van der Waals surface area contributed by atoms with Crippen molar-refractivity contribution < 1.29 is 14.3 Å². The van der Waals surface area contributed by atoms with Gasteiger partial charge in [-0.05, 0) is 62.6 Å². The molecule has 0 bridgehead atoms. The highest BCUT2D eigenvalue weighted by Gasteiger charge is 2.15. The van der Waals surface area contributed by atoms with Gasteiger partial charge in [-0.2, -0.15) is 0 Å². The van der Waals surface area contributed by atoms with Gasteiger partial charge in [-0.15, -0.1) is 0 Å². The van der Waals surface area contributed by atoms with Gasteiger partial charge in [0.05, 0.1) is 6.54 Å². The second-order valence-corrected chi connectivity index (χ2v) is 6.49. The van der Waals surface area contributed by atoms with Crippen molar-refractivity contribution in [1.29, 1.82) is 0 Å². The lowest BCUT2D eigenvalue weighted by Gasteiger charge is -2.17. The molecule has 1 atom stereocenters. The number of aryl methyl sites for hydroxylation is 3. The minimum Gasteiger partial charge on any atom is -0.492 e. The van der Waals surface area contributed by atoms with E-state index >= 15 is 0 Å². The standard InChI is InChI=1S/C20H24ClNO3/c1-13-5-6-15(3)19(11-13)25-16(4)20(23)22-9-10-24-17-8-7-14(2)18(21)12-17/h5-8,11-12,16H,9-10H2,1-4H3,(H,22,23)/t16-/m0/s1. The fraction of sp³-hybridized carbons (Fsp3) is 0.350. The number of halogens is 1. The number of hydrogen-bond acceptors (Lipinski definition) is 3. The average Bonchev–Trinajstić information content (AvgIpc) is 2.57. The molecule has 0 radical (unpaired) electrons. The van der Waals surface area contributed by atoms with Gasteiger partial charge in [0.25, 0.3) is 5.91 Å². The zero-order valence-corrected chi connectivity index (χ0v) is 15.8. The molecular weight excluding hydrogens is 338 g/mol. The smallest absolute Gasteiger partial charge is 0.260 e. The monoisotopic (exact) mass is 361 g/mol. The first-order chi connectivity index (χ1) is 11.9. The zero-order valence-electron chi connectivity index (χ0n) is 15.1. The highest BCUT2D eigenvalue weighted by molar-refractivity contribution is 6.31. The van der Waals surface area contributed by atoms with E-state index in [0.29, 0.717) is 23.9 Å². The quantitative estimate of drug-likeness (QED) is 0.751. The van der Waals surface area contributed by atoms with Crippen molar-refractivity contribution in [2.24, 2.45) is 0 Å². The molecule has 2 aromatic rings. The lowest BCUT2D eigenvalue weighted by atomic mass is 10.1. The fourth-order valence-electron chi connectivity index (χ4n) is 2.23. The van der Waals surface area contributed by atoms with E-state index in [1.807, 2.05) is 51.1 Å². The van der Waals surface area contributed by atoms with Crippen LogP contribution < -0.4 is 14.8 Å². The van der Waals surface area contributed by atoms with Crippen molar-refractivity contribution >= 4 is 17.5 Å². The Bertz CT molecular complexity index is 746. The number of nitrogens with one attached hydrogen (secondary N) is 1. The molecule has 0 heterocycles. The van der Waals surface area contributed by atoms with Crippen LogP contribution in [0.4, 0.5) is 0 Å². The van der Waals surface area contributed by atoms with Crippen LogP contribution in [-0.4, -0.2) is 25.2 Å². The van der Waals surface area contributed by atoms with E-state index < -0.39 is 6.10 Å². The minimum atomic E-state index is -0.575.